The van der Waals surface area contributed by atoms with E-state index in [0.29, 0.717) is 13.1 Å². The first-order chi connectivity index (χ1) is 10.0. The van der Waals surface area contributed by atoms with Gasteiger partial charge in [0.05, 0.1) is 17.3 Å². The van der Waals surface area contributed by atoms with Crippen molar-refractivity contribution in [2.45, 2.75) is 38.6 Å². The molecule has 0 bridgehead atoms. The summed E-state index contributed by atoms with van der Waals surface area (Å²) in [4.78, 5) is 31.5. The molecule has 118 valence electrons. The summed E-state index contributed by atoms with van der Waals surface area (Å²) in [6, 6.07) is 0.178. The van der Waals surface area contributed by atoms with Gasteiger partial charge >= 0.3 is 0 Å². The molecule has 0 aromatic heterocycles. The molecular formula is C13H22N4O3S. The molecule has 0 aromatic carbocycles. The average Bonchev–Trinajstić information content (AvgIpc) is 2.95. The first-order valence-corrected chi connectivity index (χ1v) is 8.49. The highest BCUT2D eigenvalue weighted by molar-refractivity contribution is 7.99. The zero-order valence-corrected chi connectivity index (χ0v) is 13.3. The standard InChI is InChI=1S/C13H22N4O3S/c1-11(19)14-7-8-15-13(21(2)20)16-9-17(10-18)12-5-3-4-6-12/h9-10,12H,3-8H2,1-2H3,(H,14,19). The molecule has 1 atom stereocenters. The summed E-state index contributed by atoms with van der Waals surface area (Å²) in [5, 5.41) is 2.77. The van der Waals surface area contributed by atoms with Crippen molar-refractivity contribution in [1.82, 2.24) is 10.2 Å². The first-order valence-electron chi connectivity index (χ1n) is 6.94. The van der Waals surface area contributed by atoms with Crippen LogP contribution in [0.5, 0.6) is 0 Å². The van der Waals surface area contributed by atoms with Gasteiger partial charge in [-0.15, -0.1) is 0 Å². The molecule has 0 aromatic rings. The number of amides is 2. The van der Waals surface area contributed by atoms with E-state index in [-0.39, 0.29) is 17.1 Å². The van der Waals surface area contributed by atoms with Gasteiger partial charge in [0.15, 0.2) is 0 Å². The lowest BCUT2D eigenvalue weighted by atomic mass is 10.2. The van der Waals surface area contributed by atoms with Crippen molar-refractivity contribution in [3.05, 3.63) is 0 Å². The Hall–Kier alpha value is -1.57. The van der Waals surface area contributed by atoms with E-state index in [2.05, 4.69) is 15.3 Å². The second-order valence-corrected chi connectivity index (χ2v) is 6.11. The van der Waals surface area contributed by atoms with Crippen LogP contribution >= 0.6 is 0 Å². The lowest BCUT2D eigenvalue weighted by Crippen LogP contribution is -2.31. The highest BCUT2D eigenvalue weighted by atomic mass is 32.2. The number of hydrogen-bond acceptors (Lipinski definition) is 4. The van der Waals surface area contributed by atoms with Crippen LogP contribution in [0.1, 0.15) is 32.6 Å². The lowest BCUT2D eigenvalue weighted by molar-refractivity contribution is -0.119. The number of amidine groups is 1. The van der Waals surface area contributed by atoms with Gasteiger partial charge in [0, 0.05) is 25.8 Å². The predicted molar refractivity (Wildman–Crippen MR) is 83.7 cm³/mol. The molecule has 2 amide bonds. The Morgan fingerprint density at radius 1 is 1.43 bits per heavy atom. The molecule has 8 heteroatoms. The van der Waals surface area contributed by atoms with Crippen LogP contribution in [0, 0.1) is 0 Å². The Kier molecular flexibility index (Phi) is 7.81. The summed E-state index contributed by atoms with van der Waals surface area (Å²) < 4.78 is 11.6. The van der Waals surface area contributed by atoms with Crippen LogP contribution in [0.4, 0.5) is 0 Å². The molecule has 1 aliphatic rings. The molecule has 1 unspecified atom stereocenters. The van der Waals surface area contributed by atoms with Crippen molar-refractivity contribution in [2.24, 2.45) is 9.98 Å². The molecule has 0 spiro atoms. The van der Waals surface area contributed by atoms with Crippen molar-refractivity contribution in [1.29, 1.82) is 0 Å². The quantitative estimate of drug-likeness (QED) is 0.330. The molecule has 0 radical (unpaired) electrons. The van der Waals surface area contributed by atoms with Crippen molar-refractivity contribution in [3.8, 4) is 0 Å². The summed E-state index contributed by atoms with van der Waals surface area (Å²) in [6.45, 7) is 2.09. The second-order valence-electron chi connectivity index (χ2n) is 4.84. The summed E-state index contributed by atoms with van der Waals surface area (Å²) in [6.07, 6.45) is 7.79. The SMILES string of the molecule is CC(=O)NCCN=C(N=CN(C=O)C1CCCC1)S(C)=O. The molecule has 1 rings (SSSR count). The third kappa shape index (κ3) is 6.61. The van der Waals surface area contributed by atoms with Crippen LogP contribution < -0.4 is 5.32 Å². The molecule has 0 aliphatic heterocycles. The molecule has 7 nitrogen and oxygen atoms in total. The Labute approximate surface area is 127 Å². The fourth-order valence-electron chi connectivity index (χ4n) is 2.12. The van der Waals surface area contributed by atoms with Crippen LogP contribution in [0.25, 0.3) is 0 Å². The number of rotatable bonds is 6. The third-order valence-corrected chi connectivity index (χ3v) is 3.91. The zero-order chi connectivity index (χ0) is 15.7. The number of carbonyl (C=O) groups is 2. The Morgan fingerprint density at radius 3 is 2.62 bits per heavy atom. The minimum absolute atomic E-state index is 0.138. The lowest BCUT2D eigenvalue weighted by Gasteiger charge is -2.18. The van der Waals surface area contributed by atoms with E-state index in [9.17, 15) is 13.8 Å². The van der Waals surface area contributed by atoms with Gasteiger partial charge in [-0.2, -0.15) is 0 Å². The normalized spacial score (nSPS) is 17.9. The molecule has 1 fully saturated rings. The molecular weight excluding hydrogens is 292 g/mol. The summed E-state index contributed by atoms with van der Waals surface area (Å²) in [5.74, 6) is -0.138. The van der Waals surface area contributed by atoms with E-state index in [1.165, 1.54) is 24.4 Å². The van der Waals surface area contributed by atoms with Crippen LogP contribution in [-0.4, -0.2) is 58.3 Å². The number of aliphatic imine (C=N–C) groups is 2. The molecule has 0 heterocycles. The Bertz CT molecular complexity index is 445. The van der Waals surface area contributed by atoms with Gasteiger partial charge in [-0.3, -0.25) is 18.8 Å². The van der Waals surface area contributed by atoms with Gasteiger partial charge in [0.25, 0.3) is 0 Å². The van der Waals surface area contributed by atoms with Gasteiger partial charge in [0.2, 0.25) is 17.5 Å². The maximum Gasteiger partial charge on any atom is 0.216 e. The molecule has 1 aliphatic carbocycles. The molecule has 0 saturated heterocycles. The van der Waals surface area contributed by atoms with Crippen molar-refractivity contribution >= 4 is 34.6 Å². The molecule has 21 heavy (non-hydrogen) atoms. The van der Waals surface area contributed by atoms with E-state index < -0.39 is 10.8 Å². The van der Waals surface area contributed by atoms with Gasteiger partial charge in [-0.05, 0) is 12.8 Å². The highest BCUT2D eigenvalue weighted by Gasteiger charge is 2.20. The van der Waals surface area contributed by atoms with Gasteiger partial charge < -0.3 is 10.2 Å². The van der Waals surface area contributed by atoms with Gasteiger partial charge in [-0.25, -0.2) is 4.99 Å². The zero-order valence-electron chi connectivity index (χ0n) is 12.4. The number of hydrogen-bond donors (Lipinski definition) is 1. The number of nitrogens with zero attached hydrogens (tertiary/aromatic N) is 3. The summed E-state index contributed by atoms with van der Waals surface area (Å²) in [7, 11) is -1.34. The number of carbonyl (C=O) groups excluding carboxylic acids is 2. The van der Waals surface area contributed by atoms with Crippen molar-refractivity contribution < 1.29 is 13.8 Å². The highest BCUT2D eigenvalue weighted by Crippen LogP contribution is 2.21. The smallest absolute Gasteiger partial charge is 0.216 e. The maximum atomic E-state index is 11.6. The Morgan fingerprint density at radius 2 is 2.10 bits per heavy atom. The molecule has 1 N–H and O–H groups in total. The fraction of sp³-hybridized carbons (Fsp3) is 0.692. The van der Waals surface area contributed by atoms with Crippen LogP contribution in [0.2, 0.25) is 0 Å². The Balaban J connectivity index is 2.60. The van der Waals surface area contributed by atoms with Crippen LogP contribution in [0.15, 0.2) is 9.98 Å². The van der Waals surface area contributed by atoms with E-state index >= 15 is 0 Å². The van der Waals surface area contributed by atoms with E-state index in [1.54, 1.807) is 0 Å². The second kappa shape index (κ2) is 9.38. The maximum absolute atomic E-state index is 11.6. The first kappa shape index (κ1) is 17.5. The van der Waals surface area contributed by atoms with Crippen LogP contribution in [-0.2, 0) is 20.4 Å². The fourth-order valence-corrected chi connectivity index (χ4v) is 2.58. The monoisotopic (exact) mass is 314 g/mol. The van der Waals surface area contributed by atoms with E-state index in [4.69, 9.17) is 0 Å². The van der Waals surface area contributed by atoms with Crippen molar-refractivity contribution in [3.63, 3.8) is 0 Å². The van der Waals surface area contributed by atoms with E-state index in [1.807, 2.05) is 0 Å². The average molecular weight is 314 g/mol. The van der Waals surface area contributed by atoms with Crippen molar-refractivity contribution in [2.75, 3.05) is 19.3 Å². The summed E-state index contributed by atoms with van der Waals surface area (Å²) in [5.41, 5.74) is 0. The predicted octanol–water partition coefficient (Wildman–Crippen LogP) is 0.286. The minimum atomic E-state index is -1.34. The van der Waals surface area contributed by atoms with Gasteiger partial charge in [-0.1, -0.05) is 12.8 Å². The minimum Gasteiger partial charge on any atom is -0.354 e. The third-order valence-electron chi connectivity index (χ3n) is 3.16. The number of nitrogens with one attached hydrogen (secondary N) is 1. The van der Waals surface area contributed by atoms with Crippen LogP contribution in [0.3, 0.4) is 0 Å². The largest absolute Gasteiger partial charge is 0.354 e. The van der Waals surface area contributed by atoms with E-state index in [0.717, 1.165) is 32.1 Å². The van der Waals surface area contributed by atoms with Gasteiger partial charge in [0.1, 0.15) is 6.34 Å². The summed E-state index contributed by atoms with van der Waals surface area (Å²) >= 11 is 0. The molecule has 1 saturated carbocycles. The topological polar surface area (TPSA) is 91.2 Å².